The molecule has 7 aromatic carbocycles. The Balaban J connectivity index is 1.32. The summed E-state index contributed by atoms with van der Waals surface area (Å²) in [5.74, 6) is 0. The van der Waals surface area contributed by atoms with Crippen molar-refractivity contribution in [3.8, 4) is 16.8 Å². The predicted molar refractivity (Wildman–Crippen MR) is 298 cm³/mol. The smallest absolute Gasteiger partial charge is 0.375 e. The second-order valence-electron chi connectivity index (χ2n) is 25.6. The Morgan fingerprint density at radius 2 is 0.957 bits per heavy atom. The third-order valence-electron chi connectivity index (χ3n) is 15.6. The molecule has 346 valence electrons. The SMILES string of the molecule is CC(C)(C)c1ccc(N2c3cc(C(C)(C)C)cc4c3B(c3oc5ccc(C(C)(C)C)cc5c32)n2c3ccc(C(C)(C)C)cc3c3c5c6cc(C(C)(C)C)ccc6n(-c6ccccc6)c5cc-4c32)cc1. The molecule has 5 heteroatoms. The fourth-order valence-electron chi connectivity index (χ4n) is 11.6. The summed E-state index contributed by atoms with van der Waals surface area (Å²) >= 11 is 0. The van der Waals surface area contributed by atoms with E-state index in [9.17, 15) is 0 Å². The van der Waals surface area contributed by atoms with Crippen LogP contribution in [-0.4, -0.2) is 15.9 Å². The fraction of sp³-hybridized carbons (Fsp3) is 0.312. The van der Waals surface area contributed by atoms with Gasteiger partial charge in [-0.1, -0.05) is 158 Å². The van der Waals surface area contributed by atoms with Crippen LogP contribution in [0.2, 0.25) is 0 Å². The Bertz CT molecular complexity index is 3790. The van der Waals surface area contributed by atoms with Crippen LogP contribution in [0, 0.1) is 0 Å². The van der Waals surface area contributed by atoms with Gasteiger partial charge >= 0.3 is 6.85 Å². The number of aromatic nitrogens is 2. The highest BCUT2D eigenvalue weighted by Gasteiger charge is 2.48. The van der Waals surface area contributed by atoms with Crippen LogP contribution in [0.3, 0.4) is 0 Å². The minimum absolute atomic E-state index is 0.0191. The average Bonchev–Trinajstić information content (AvgIpc) is 3.94. The second-order valence-corrected chi connectivity index (χ2v) is 25.6. The Labute approximate surface area is 409 Å². The monoisotopic (exact) mass is 904 g/mol. The van der Waals surface area contributed by atoms with E-state index in [1.54, 1.807) is 0 Å². The lowest BCUT2D eigenvalue weighted by atomic mass is 9.47. The fourth-order valence-corrected chi connectivity index (χ4v) is 11.6. The van der Waals surface area contributed by atoms with E-state index in [-0.39, 0.29) is 33.9 Å². The topological polar surface area (TPSA) is 26.2 Å². The Morgan fingerprint density at radius 3 is 1.55 bits per heavy atom. The average molecular weight is 904 g/mol. The first kappa shape index (κ1) is 43.8. The van der Waals surface area contributed by atoms with Gasteiger partial charge in [0.1, 0.15) is 11.2 Å². The lowest BCUT2D eigenvalue weighted by Gasteiger charge is -2.39. The van der Waals surface area contributed by atoms with Crippen molar-refractivity contribution in [2.24, 2.45) is 0 Å². The summed E-state index contributed by atoms with van der Waals surface area (Å²) in [5.41, 5.74) is 21.6. The van der Waals surface area contributed by atoms with Crippen LogP contribution in [0.4, 0.5) is 17.1 Å². The van der Waals surface area contributed by atoms with Crippen LogP contribution in [0.5, 0.6) is 0 Å². The highest BCUT2D eigenvalue weighted by atomic mass is 16.3. The molecule has 10 aromatic rings. The molecule has 0 fully saturated rings. The number of para-hydroxylation sites is 1. The maximum absolute atomic E-state index is 7.48. The molecular formula is C64H66BN3O. The summed E-state index contributed by atoms with van der Waals surface area (Å²) in [6.07, 6.45) is 0. The van der Waals surface area contributed by atoms with E-state index in [1.165, 1.54) is 93.7 Å². The molecule has 2 aliphatic rings. The highest BCUT2D eigenvalue weighted by molar-refractivity contribution is 6.89. The molecule has 3 aromatic heterocycles. The van der Waals surface area contributed by atoms with Crippen molar-refractivity contribution < 1.29 is 4.42 Å². The largest absolute Gasteiger partial charge is 0.466 e. The van der Waals surface area contributed by atoms with Gasteiger partial charge in [-0.3, -0.25) is 0 Å². The molecule has 0 radical (unpaired) electrons. The zero-order chi connectivity index (χ0) is 48.6. The quantitative estimate of drug-likeness (QED) is 0.162. The molecule has 0 saturated carbocycles. The van der Waals surface area contributed by atoms with Crippen LogP contribution in [-0.2, 0) is 27.1 Å². The van der Waals surface area contributed by atoms with E-state index in [0.717, 1.165) is 33.7 Å². The predicted octanol–water partition coefficient (Wildman–Crippen LogP) is 16.5. The molecule has 0 unspecified atom stereocenters. The molecule has 0 atom stereocenters. The molecule has 0 saturated heterocycles. The van der Waals surface area contributed by atoms with Crippen LogP contribution in [0.25, 0.3) is 71.4 Å². The summed E-state index contributed by atoms with van der Waals surface area (Å²) in [5, 5.41) is 6.34. The van der Waals surface area contributed by atoms with Gasteiger partial charge in [0.25, 0.3) is 0 Å². The molecule has 2 aliphatic heterocycles. The number of nitrogens with zero attached hydrogens (tertiary/aromatic N) is 3. The van der Waals surface area contributed by atoms with Gasteiger partial charge in [0.2, 0.25) is 0 Å². The number of furan rings is 1. The molecule has 0 spiro atoms. The number of anilines is 3. The van der Waals surface area contributed by atoms with Gasteiger partial charge in [-0.25, -0.2) is 0 Å². The van der Waals surface area contributed by atoms with Crippen molar-refractivity contribution in [2.75, 3.05) is 4.90 Å². The summed E-state index contributed by atoms with van der Waals surface area (Å²) in [6.45, 7) is 34.7. The van der Waals surface area contributed by atoms with Crippen LogP contribution in [0.1, 0.15) is 132 Å². The van der Waals surface area contributed by atoms with Gasteiger partial charge in [-0.15, -0.1) is 0 Å². The number of hydrogen-bond donors (Lipinski definition) is 0. The van der Waals surface area contributed by atoms with Gasteiger partial charge in [0, 0.05) is 60.6 Å². The molecular weight excluding hydrogens is 838 g/mol. The van der Waals surface area contributed by atoms with Crippen molar-refractivity contribution in [1.82, 2.24) is 9.05 Å². The summed E-state index contributed by atoms with van der Waals surface area (Å²) in [4.78, 5) is 2.56. The van der Waals surface area contributed by atoms with Crippen molar-refractivity contribution in [1.29, 1.82) is 0 Å². The molecule has 0 bridgehead atoms. The second kappa shape index (κ2) is 14.1. The van der Waals surface area contributed by atoms with Gasteiger partial charge < -0.3 is 18.4 Å². The number of benzene rings is 7. The zero-order valence-corrected chi connectivity index (χ0v) is 43.5. The molecule has 0 amide bonds. The minimum Gasteiger partial charge on any atom is -0.466 e. The lowest BCUT2D eigenvalue weighted by molar-refractivity contribution is 0.590. The maximum atomic E-state index is 7.48. The first-order chi connectivity index (χ1) is 32.4. The summed E-state index contributed by atoms with van der Waals surface area (Å²) in [6, 6.07) is 49.4. The van der Waals surface area contributed by atoms with Crippen LogP contribution in [0.15, 0.2) is 132 Å². The van der Waals surface area contributed by atoms with E-state index < -0.39 is 0 Å². The molecule has 0 aliphatic carbocycles. The third-order valence-corrected chi connectivity index (χ3v) is 15.6. The maximum Gasteiger partial charge on any atom is 0.375 e. The Kier molecular flexibility index (Phi) is 8.94. The molecule has 0 N–H and O–H groups in total. The molecule has 69 heavy (non-hydrogen) atoms. The van der Waals surface area contributed by atoms with E-state index in [0.29, 0.717) is 0 Å². The van der Waals surface area contributed by atoms with Crippen LogP contribution < -0.4 is 16.0 Å². The van der Waals surface area contributed by atoms with Gasteiger partial charge in [0.05, 0.1) is 16.7 Å². The van der Waals surface area contributed by atoms with Crippen molar-refractivity contribution >= 4 is 89.6 Å². The number of rotatable bonds is 2. The molecule has 12 rings (SSSR count). The Hall–Kier alpha value is -6.46. The number of fused-ring (bicyclic) bond motifs is 13. The van der Waals surface area contributed by atoms with Crippen molar-refractivity contribution in [3.05, 3.63) is 155 Å². The first-order valence-electron chi connectivity index (χ1n) is 25.2. The van der Waals surface area contributed by atoms with Gasteiger partial charge in [-0.05, 0) is 139 Å². The lowest BCUT2D eigenvalue weighted by Crippen LogP contribution is -2.56. The molecule has 5 heterocycles. The van der Waals surface area contributed by atoms with Gasteiger partial charge in [-0.2, -0.15) is 0 Å². The summed E-state index contributed by atoms with van der Waals surface area (Å²) < 4.78 is 12.7. The van der Waals surface area contributed by atoms with E-state index in [4.69, 9.17) is 4.42 Å². The number of hydrogen-bond acceptors (Lipinski definition) is 2. The van der Waals surface area contributed by atoms with E-state index in [2.05, 4.69) is 245 Å². The van der Waals surface area contributed by atoms with E-state index in [1.807, 2.05) is 0 Å². The first-order valence-corrected chi connectivity index (χ1v) is 25.2. The summed E-state index contributed by atoms with van der Waals surface area (Å²) in [7, 11) is 0. The van der Waals surface area contributed by atoms with Crippen molar-refractivity contribution in [2.45, 2.75) is 131 Å². The Morgan fingerprint density at radius 1 is 0.420 bits per heavy atom. The normalized spacial score (nSPS) is 14.2. The van der Waals surface area contributed by atoms with E-state index >= 15 is 0 Å². The zero-order valence-electron chi connectivity index (χ0n) is 43.5. The van der Waals surface area contributed by atoms with Crippen LogP contribution >= 0.6 is 0 Å². The third kappa shape index (κ3) is 6.41. The molecule has 4 nitrogen and oxygen atoms in total. The standard InChI is InChI=1S/C64H66BN3O/c1-60(2,3)37-21-26-43(27-22-37)67-52-35-41(64(13,14)15)34-44-45-36-51-54(46-31-38(61(4,5)6)23-28-49(46)66(51)42-19-17-16-18-20-42)55-47-32-39(62(7,8)9)24-29-50(47)68(57(45)55)65(56(44)52)59-58(67)48-33-40(63(10,11)12)25-30-53(48)69-59/h16-36H,1-15H3. The highest BCUT2D eigenvalue weighted by Crippen LogP contribution is 2.53. The van der Waals surface area contributed by atoms with Crippen molar-refractivity contribution in [3.63, 3.8) is 0 Å². The minimum atomic E-state index is -0.229. The van der Waals surface area contributed by atoms with Gasteiger partial charge in [0.15, 0.2) is 0 Å².